The number of anilines is 1. The Morgan fingerprint density at radius 3 is 1.23 bits per heavy atom. The fourth-order valence-corrected chi connectivity index (χ4v) is 9.03. The van der Waals surface area contributed by atoms with E-state index in [0.29, 0.717) is 77.4 Å². The van der Waals surface area contributed by atoms with Crippen molar-refractivity contribution < 1.29 is 96.0 Å². The first-order valence-corrected chi connectivity index (χ1v) is 25.1. The second-order valence-electron chi connectivity index (χ2n) is 19.1. The van der Waals surface area contributed by atoms with E-state index in [9.17, 15) is 81.4 Å². The maximum absolute atomic E-state index is 11.7. The zero-order valence-corrected chi connectivity index (χ0v) is 43.1. The van der Waals surface area contributed by atoms with Crippen molar-refractivity contribution in [3.8, 4) is 103 Å². The number of urea groups is 1. The van der Waals surface area contributed by atoms with Crippen LogP contribution < -0.4 is 30.7 Å². The Labute approximate surface area is 466 Å². The third-order valence-corrected chi connectivity index (χ3v) is 13.3. The molecule has 0 saturated heterocycles. The molecule has 2 amide bonds. The van der Waals surface area contributed by atoms with Crippen molar-refractivity contribution in [1.82, 2.24) is 16.0 Å². The fourth-order valence-electron chi connectivity index (χ4n) is 9.03. The summed E-state index contributed by atoms with van der Waals surface area (Å²) < 4.78 is 12.1. The highest BCUT2D eigenvalue weighted by Crippen LogP contribution is 2.45. The second kappa shape index (κ2) is 25.0. The van der Waals surface area contributed by atoms with Gasteiger partial charge in [0.1, 0.15) is 46.7 Å². The maximum Gasteiger partial charge on any atom is 0.319 e. The summed E-state index contributed by atoms with van der Waals surface area (Å²) >= 11 is 0. The summed E-state index contributed by atoms with van der Waals surface area (Å²) in [6.07, 6.45) is 0.156. The van der Waals surface area contributed by atoms with Crippen LogP contribution in [-0.2, 0) is 32.4 Å². The number of amides is 2. The lowest BCUT2D eigenvalue weighted by atomic mass is 9.91. The van der Waals surface area contributed by atoms with E-state index in [0.717, 1.165) is 11.1 Å². The molecule has 2 aliphatic heterocycles. The zero-order chi connectivity index (χ0) is 58.9. The van der Waals surface area contributed by atoms with Crippen LogP contribution in [0.25, 0.3) is 0 Å². The van der Waals surface area contributed by atoms with E-state index in [-0.39, 0.29) is 111 Å². The normalized spacial score (nSPS) is 15.8. The largest absolute Gasteiger partial charge is 0.508 e. The van der Waals surface area contributed by atoms with Gasteiger partial charge in [-0.25, -0.2) is 4.79 Å². The lowest BCUT2D eigenvalue weighted by Crippen LogP contribution is -2.42. The minimum absolute atomic E-state index is 0.0720. The van der Waals surface area contributed by atoms with E-state index in [4.69, 9.17) is 14.6 Å². The third kappa shape index (κ3) is 14.1. The van der Waals surface area contributed by atoms with Crippen molar-refractivity contribution in [2.24, 2.45) is 0 Å². The summed E-state index contributed by atoms with van der Waals surface area (Å²) in [6, 6.07) is 30.2. The van der Waals surface area contributed by atoms with Crippen LogP contribution in [-0.4, -0.2) is 106 Å². The zero-order valence-electron chi connectivity index (χ0n) is 43.1. The molecule has 4 atom stereocenters. The van der Waals surface area contributed by atoms with E-state index in [1.165, 1.54) is 103 Å². The van der Waals surface area contributed by atoms with Crippen LogP contribution in [0, 0.1) is 0 Å². The van der Waals surface area contributed by atoms with Gasteiger partial charge in [0, 0.05) is 60.2 Å². The smallest absolute Gasteiger partial charge is 0.319 e. The molecule has 23 nitrogen and oxygen atoms in total. The fraction of sp³-hybridized carbons (Fsp3) is 0.169. The SMILES string of the molecule is O=C(NCc1ccc(O)c(O)c1)Nc1ccc(O)c(O)c1.Oc1cc(O)c2c(c1)O[C@H](c1ccc(O)c(O)c1)[C@H](NCCc1ccc(O)c(O)c1)C2.Oc1cc(O)c2c(c1)O[C@H](c1ccc(O)c(O)c1)[C@H](NCc1ccc(O)c(O)c1)C2. The van der Waals surface area contributed by atoms with Gasteiger partial charge < -0.3 is 112 Å². The van der Waals surface area contributed by atoms with Gasteiger partial charge in [-0.15, -0.1) is 0 Å². The van der Waals surface area contributed by atoms with Crippen molar-refractivity contribution in [1.29, 1.82) is 0 Å². The molecular formula is C59H58N4O19. The predicted molar refractivity (Wildman–Crippen MR) is 294 cm³/mol. The summed E-state index contributed by atoms with van der Waals surface area (Å²) in [5, 5.41) is 166. The van der Waals surface area contributed by atoms with Crippen molar-refractivity contribution in [3.63, 3.8) is 0 Å². The van der Waals surface area contributed by atoms with E-state index >= 15 is 0 Å². The van der Waals surface area contributed by atoms with Gasteiger partial charge in [-0.3, -0.25) is 0 Å². The van der Waals surface area contributed by atoms with Crippen LogP contribution in [0.5, 0.6) is 103 Å². The standard InChI is InChI=1S/C23H23NO7.C22H21NO7.C14H14N2O5/c25-14-9-19(28)15-11-16(24-6-5-12-1-3-17(26)20(29)7-12)23(31-22(15)10-14)13-2-4-18(27)21(30)8-13;24-13-7-18(27)14-9-15(23-10-11-1-3-16(25)19(28)5-11)22(30-21(14)8-13)12-2-4-17(26)20(29)6-12;17-10-3-1-8(5-12(10)19)7-15-14(21)16-9-2-4-11(18)13(20)6-9/h1-4,7-10,16,23-30H,5-6,11H2;1-8,15,22-29H,9-10H2;1-6,17-20H,7H2,(H2,15,16,21)/t16-,23-;15-,22-;/m11./s1. The summed E-state index contributed by atoms with van der Waals surface area (Å²) in [7, 11) is 0. The van der Waals surface area contributed by atoms with Gasteiger partial charge in [0.15, 0.2) is 69.0 Å². The molecule has 8 aromatic rings. The molecular weight excluding hydrogens is 1070 g/mol. The molecule has 0 bridgehead atoms. The number of hydrogen-bond acceptors (Lipinski definition) is 21. The molecule has 82 heavy (non-hydrogen) atoms. The Morgan fingerprint density at radius 1 is 0.390 bits per heavy atom. The summed E-state index contributed by atoms with van der Waals surface area (Å²) in [6.45, 7) is 0.980. The lowest BCUT2D eigenvalue weighted by molar-refractivity contribution is 0.130. The summed E-state index contributed by atoms with van der Waals surface area (Å²) in [5.74, 6) is -2.74. The first-order chi connectivity index (χ1) is 39.1. The molecule has 10 rings (SSSR count). The Balaban J connectivity index is 0.000000164. The molecule has 20 N–H and O–H groups in total. The monoisotopic (exact) mass is 1130 g/mol. The van der Waals surface area contributed by atoms with Gasteiger partial charge in [0.05, 0.1) is 12.1 Å². The quantitative estimate of drug-likeness (QED) is 0.0419. The average Bonchev–Trinajstić information content (AvgIpc) is 3.10. The molecule has 2 heterocycles. The van der Waals surface area contributed by atoms with Crippen LogP contribution in [0.15, 0.2) is 133 Å². The minimum Gasteiger partial charge on any atom is -0.508 e. The van der Waals surface area contributed by atoms with Crippen LogP contribution >= 0.6 is 0 Å². The molecule has 0 radical (unpaired) electrons. The lowest BCUT2D eigenvalue weighted by Gasteiger charge is -2.35. The maximum atomic E-state index is 11.7. The molecule has 0 fully saturated rings. The van der Waals surface area contributed by atoms with E-state index in [1.807, 2.05) is 0 Å². The van der Waals surface area contributed by atoms with E-state index in [2.05, 4.69) is 21.3 Å². The number of fused-ring (bicyclic) bond motifs is 2. The van der Waals surface area contributed by atoms with Crippen molar-refractivity contribution in [2.45, 2.75) is 56.6 Å². The predicted octanol–water partition coefficient (Wildman–Crippen LogP) is 7.38. The summed E-state index contributed by atoms with van der Waals surface area (Å²) in [5.41, 5.74) is 4.75. The van der Waals surface area contributed by atoms with Crippen LogP contribution in [0.2, 0.25) is 0 Å². The van der Waals surface area contributed by atoms with Gasteiger partial charge in [-0.05, 0) is 126 Å². The molecule has 23 heteroatoms. The first kappa shape index (κ1) is 57.5. The molecule has 0 aromatic heterocycles. The Bertz CT molecular complexity index is 3620. The molecule has 8 aromatic carbocycles. The molecule has 0 spiro atoms. The van der Waals surface area contributed by atoms with Gasteiger partial charge in [0.2, 0.25) is 0 Å². The Morgan fingerprint density at radius 2 is 0.780 bits per heavy atom. The van der Waals surface area contributed by atoms with Gasteiger partial charge >= 0.3 is 6.03 Å². The molecule has 0 unspecified atom stereocenters. The van der Waals surface area contributed by atoms with E-state index in [1.54, 1.807) is 30.3 Å². The van der Waals surface area contributed by atoms with Crippen LogP contribution in [0.3, 0.4) is 0 Å². The number of phenolic OH excluding ortho intramolecular Hbond substituents is 16. The number of benzene rings is 8. The topological polar surface area (TPSA) is 407 Å². The first-order valence-electron chi connectivity index (χ1n) is 25.1. The second-order valence-corrected chi connectivity index (χ2v) is 19.1. The van der Waals surface area contributed by atoms with Gasteiger partial charge in [-0.1, -0.05) is 30.3 Å². The van der Waals surface area contributed by atoms with Crippen molar-refractivity contribution in [2.75, 3.05) is 11.9 Å². The highest BCUT2D eigenvalue weighted by atomic mass is 16.5. The number of ether oxygens (including phenoxy) is 2. The number of aromatic hydroxyl groups is 16. The Hall–Kier alpha value is -10.7. The van der Waals surface area contributed by atoms with Crippen LogP contribution in [0.4, 0.5) is 10.5 Å². The average molecular weight is 1130 g/mol. The number of carbonyl (C=O) groups is 1. The number of carbonyl (C=O) groups excluding carboxylic acids is 1. The number of nitrogens with one attached hydrogen (secondary N) is 4. The van der Waals surface area contributed by atoms with E-state index < -0.39 is 18.2 Å². The highest BCUT2D eigenvalue weighted by molar-refractivity contribution is 5.89. The van der Waals surface area contributed by atoms with Gasteiger partial charge in [0.25, 0.3) is 0 Å². The van der Waals surface area contributed by atoms with Crippen molar-refractivity contribution >= 4 is 11.7 Å². The molecule has 0 saturated carbocycles. The van der Waals surface area contributed by atoms with Crippen LogP contribution in [0.1, 0.15) is 51.2 Å². The highest BCUT2D eigenvalue weighted by Gasteiger charge is 2.35. The Kier molecular flexibility index (Phi) is 17.5. The molecule has 0 aliphatic carbocycles. The molecule has 428 valence electrons. The number of phenols is 16. The third-order valence-electron chi connectivity index (χ3n) is 13.3. The summed E-state index contributed by atoms with van der Waals surface area (Å²) in [4.78, 5) is 11.7. The number of rotatable bonds is 12. The number of hydrogen-bond donors (Lipinski definition) is 20. The minimum atomic E-state index is -0.601. The van der Waals surface area contributed by atoms with Gasteiger partial charge in [-0.2, -0.15) is 0 Å². The molecule has 2 aliphatic rings. The van der Waals surface area contributed by atoms with Crippen molar-refractivity contribution in [3.05, 3.63) is 172 Å².